The predicted octanol–water partition coefficient (Wildman–Crippen LogP) is 0.0673. The van der Waals surface area contributed by atoms with Crippen molar-refractivity contribution in [3.05, 3.63) is 0 Å². The van der Waals surface area contributed by atoms with Crippen molar-refractivity contribution in [3.63, 3.8) is 0 Å². The van der Waals surface area contributed by atoms with Crippen molar-refractivity contribution < 1.29 is 14.3 Å². The molecule has 0 aromatic rings. The third-order valence-electron chi connectivity index (χ3n) is 0.816. The highest BCUT2D eigenvalue weighted by Crippen LogP contribution is 2.13. The number of alkyl halides is 1. The van der Waals surface area contributed by atoms with Gasteiger partial charge < -0.3 is 4.74 Å². The molecular formula is C4H3ClO3. The molecule has 0 amide bonds. The molecule has 1 fully saturated rings. The summed E-state index contributed by atoms with van der Waals surface area (Å²) in [7, 11) is 0. The first-order valence-corrected chi connectivity index (χ1v) is 2.52. The molecule has 1 heterocycles. The Hall–Kier alpha value is -0.570. The first-order chi connectivity index (χ1) is 3.70. The highest BCUT2D eigenvalue weighted by Gasteiger charge is 2.31. The average molecular weight is 135 g/mol. The molecule has 1 aliphatic rings. The minimum atomic E-state index is -0.748. The number of ether oxygens (including phenoxy) is 1. The maximum atomic E-state index is 10.2. The standard InChI is InChI=1S/C4H3ClO3/c5-2-1-3(6)8-4(2)7/h2H,1H2. The van der Waals surface area contributed by atoms with Gasteiger partial charge in [-0.1, -0.05) is 0 Å². The summed E-state index contributed by atoms with van der Waals surface area (Å²) in [6.45, 7) is 0. The van der Waals surface area contributed by atoms with Crippen LogP contribution < -0.4 is 0 Å². The molecule has 0 bridgehead atoms. The molecule has 1 rings (SSSR count). The van der Waals surface area contributed by atoms with Crippen molar-refractivity contribution in [2.45, 2.75) is 11.8 Å². The number of hydrogen-bond acceptors (Lipinski definition) is 3. The Morgan fingerprint density at radius 1 is 1.62 bits per heavy atom. The Morgan fingerprint density at radius 3 is 2.38 bits per heavy atom. The highest BCUT2D eigenvalue weighted by atomic mass is 35.5. The van der Waals surface area contributed by atoms with Gasteiger partial charge in [-0.3, -0.25) is 4.79 Å². The maximum absolute atomic E-state index is 10.2. The Balaban J connectivity index is 2.64. The highest BCUT2D eigenvalue weighted by molar-refractivity contribution is 6.33. The van der Waals surface area contributed by atoms with Gasteiger partial charge in [0.2, 0.25) is 0 Å². The molecule has 4 heteroatoms. The van der Waals surface area contributed by atoms with E-state index in [0.29, 0.717) is 0 Å². The number of cyclic esters (lactones) is 2. The lowest BCUT2D eigenvalue weighted by molar-refractivity contribution is -0.151. The van der Waals surface area contributed by atoms with Crippen LogP contribution in [0.1, 0.15) is 6.42 Å². The van der Waals surface area contributed by atoms with E-state index in [9.17, 15) is 9.59 Å². The molecular weight excluding hydrogens is 131 g/mol. The van der Waals surface area contributed by atoms with Crippen LogP contribution in [0.3, 0.4) is 0 Å². The van der Waals surface area contributed by atoms with Gasteiger partial charge in [-0.15, -0.1) is 11.6 Å². The molecule has 0 spiro atoms. The van der Waals surface area contributed by atoms with Crippen LogP contribution >= 0.6 is 11.6 Å². The summed E-state index contributed by atoms with van der Waals surface area (Å²) in [4.78, 5) is 20.3. The van der Waals surface area contributed by atoms with E-state index in [1.54, 1.807) is 0 Å². The largest absolute Gasteiger partial charge is 0.392 e. The van der Waals surface area contributed by atoms with Crippen LogP contribution in [0, 0.1) is 0 Å². The van der Waals surface area contributed by atoms with Gasteiger partial charge >= 0.3 is 11.9 Å². The van der Waals surface area contributed by atoms with Crippen molar-refractivity contribution in [2.75, 3.05) is 0 Å². The van der Waals surface area contributed by atoms with Crippen LogP contribution in [-0.2, 0) is 14.3 Å². The van der Waals surface area contributed by atoms with Gasteiger partial charge in [0, 0.05) is 0 Å². The van der Waals surface area contributed by atoms with Crippen LogP contribution in [0.4, 0.5) is 0 Å². The van der Waals surface area contributed by atoms with E-state index in [1.807, 2.05) is 0 Å². The molecule has 1 aliphatic heterocycles. The van der Waals surface area contributed by atoms with Crippen LogP contribution in [0.15, 0.2) is 0 Å². The van der Waals surface area contributed by atoms with Gasteiger partial charge in [0.1, 0.15) is 5.38 Å². The fraction of sp³-hybridized carbons (Fsp3) is 0.500. The van der Waals surface area contributed by atoms with Gasteiger partial charge in [0.05, 0.1) is 6.42 Å². The smallest absolute Gasteiger partial charge is 0.332 e. The fourth-order valence-corrected chi connectivity index (χ4v) is 0.618. The molecule has 0 saturated carbocycles. The third-order valence-corrected chi connectivity index (χ3v) is 1.15. The molecule has 0 N–H and O–H groups in total. The lowest BCUT2D eigenvalue weighted by Gasteiger charge is -1.84. The summed E-state index contributed by atoms with van der Waals surface area (Å²) < 4.78 is 4.06. The lowest BCUT2D eigenvalue weighted by atomic mass is 10.4. The van der Waals surface area contributed by atoms with E-state index in [-0.39, 0.29) is 6.42 Å². The zero-order valence-electron chi connectivity index (χ0n) is 3.89. The van der Waals surface area contributed by atoms with Gasteiger partial charge in [-0.2, -0.15) is 0 Å². The average Bonchev–Trinajstić information content (AvgIpc) is 1.85. The molecule has 1 unspecified atom stereocenters. The maximum Gasteiger partial charge on any atom is 0.332 e. The molecule has 3 nitrogen and oxygen atoms in total. The molecule has 1 saturated heterocycles. The number of carbonyl (C=O) groups is 2. The van der Waals surface area contributed by atoms with Crippen LogP contribution in [-0.4, -0.2) is 17.3 Å². The number of hydrogen-bond donors (Lipinski definition) is 0. The Morgan fingerprint density at radius 2 is 2.25 bits per heavy atom. The van der Waals surface area contributed by atoms with E-state index < -0.39 is 17.3 Å². The van der Waals surface area contributed by atoms with Crippen molar-refractivity contribution in [1.29, 1.82) is 0 Å². The van der Waals surface area contributed by atoms with E-state index in [0.717, 1.165) is 0 Å². The number of esters is 2. The van der Waals surface area contributed by atoms with E-state index in [1.165, 1.54) is 0 Å². The van der Waals surface area contributed by atoms with Crippen LogP contribution in [0.25, 0.3) is 0 Å². The first kappa shape index (κ1) is 5.56. The number of carbonyl (C=O) groups excluding carboxylic acids is 2. The van der Waals surface area contributed by atoms with Crippen molar-refractivity contribution in [1.82, 2.24) is 0 Å². The van der Waals surface area contributed by atoms with Crippen molar-refractivity contribution in [3.8, 4) is 0 Å². The molecule has 0 aromatic heterocycles. The van der Waals surface area contributed by atoms with Gasteiger partial charge in [-0.25, -0.2) is 4.79 Å². The van der Waals surface area contributed by atoms with Crippen LogP contribution in [0.5, 0.6) is 0 Å². The summed E-state index contributed by atoms with van der Waals surface area (Å²) in [6.07, 6.45) is 0.0143. The second-order valence-electron chi connectivity index (χ2n) is 1.46. The van der Waals surface area contributed by atoms with Crippen molar-refractivity contribution in [2.24, 2.45) is 0 Å². The van der Waals surface area contributed by atoms with E-state index in [4.69, 9.17) is 11.6 Å². The first-order valence-electron chi connectivity index (χ1n) is 2.09. The zero-order chi connectivity index (χ0) is 6.15. The van der Waals surface area contributed by atoms with Crippen molar-refractivity contribution >= 4 is 23.5 Å². The second kappa shape index (κ2) is 1.74. The fourth-order valence-electron chi connectivity index (χ4n) is 0.447. The van der Waals surface area contributed by atoms with E-state index in [2.05, 4.69) is 4.74 Å². The third kappa shape index (κ3) is 0.816. The molecule has 44 valence electrons. The molecule has 1 atom stereocenters. The summed E-state index contributed by atoms with van der Waals surface area (Å²) in [5, 5.41) is -0.748. The number of halogens is 1. The SMILES string of the molecule is O=C1CC(Cl)C(=O)O1. The van der Waals surface area contributed by atoms with Crippen LogP contribution in [0.2, 0.25) is 0 Å². The van der Waals surface area contributed by atoms with Gasteiger partial charge in [0.25, 0.3) is 0 Å². The quantitative estimate of drug-likeness (QED) is 0.268. The van der Waals surface area contributed by atoms with Gasteiger partial charge in [-0.05, 0) is 0 Å². The second-order valence-corrected chi connectivity index (χ2v) is 1.99. The zero-order valence-corrected chi connectivity index (χ0v) is 4.64. The van der Waals surface area contributed by atoms with E-state index >= 15 is 0 Å². The topological polar surface area (TPSA) is 43.4 Å². The minimum Gasteiger partial charge on any atom is -0.392 e. The summed E-state index contributed by atoms with van der Waals surface area (Å²) in [6, 6.07) is 0. The summed E-state index contributed by atoms with van der Waals surface area (Å²) in [5.74, 6) is -1.16. The molecule has 0 aromatic carbocycles. The monoisotopic (exact) mass is 134 g/mol. The molecule has 0 radical (unpaired) electrons. The summed E-state index contributed by atoms with van der Waals surface area (Å²) in [5.41, 5.74) is 0. The normalized spacial score (nSPS) is 28.4. The minimum absolute atomic E-state index is 0.0143. The lowest BCUT2D eigenvalue weighted by Crippen LogP contribution is -2.04. The van der Waals surface area contributed by atoms with Gasteiger partial charge in [0.15, 0.2) is 0 Å². The Bertz CT molecular complexity index is 142. The predicted molar refractivity (Wildman–Crippen MR) is 25.4 cm³/mol. The Kier molecular flexibility index (Phi) is 1.21. The number of rotatable bonds is 0. The Labute approximate surface area is 50.6 Å². The molecule has 8 heavy (non-hydrogen) atoms. The summed E-state index contributed by atoms with van der Waals surface area (Å²) >= 11 is 5.26. The molecule has 0 aliphatic carbocycles.